The van der Waals surface area contributed by atoms with E-state index in [1.54, 1.807) is 13.8 Å². The first-order valence-corrected chi connectivity index (χ1v) is 5.93. The molecule has 0 saturated heterocycles. The third-order valence-corrected chi connectivity index (χ3v) is 2.86. The molecule has 0 aromatic carbocycles. The summed E-state index contributed by atoms with van der Waals surface area (Å²) >= 11 is 0. The lowest BCUT2D eigenvalue weighted by atomic mass is 10.1. The van der Waals surface area contributed by atoms with Crippen molar-refractivity contribution in [2.45, 2.75) is 27.2 Å². The van der Waals surface area contributed by atoms with Crippen LogP contribution in [0.4, 0.5) is 0 Å². The number of methoxy groups -OCH3 is 1. The first-order chi connectivity index (χ1) is 8.88. The average molecular weight is 266 g/mol. The van der Waals surface area contributed by atoms with Crippen LogP contribution < -0.4 is 5.32 Å². The van der Waals surface area contributed by atoms with E-state index in [-0.39, 0.29) is 30.6 Å². The number of nitrogens with one attached hydrogen (secondary N) is 2. The standard InChI is InChI=1S/C13H18N2O4/c1-7-11(9(3)16)8(2)15-12(7)13(18)14-6-5-10(17)19-4/h15H,5-6H2,1-4H3,(H,14,18). The molecule has 1 aromatic rings. The van der Waals surface area contributed by atoms with Crippen molar-refractivity contribution in [1.82, 2.24) is 10.3 Å². The van der Waals surface area contributed by atoms with Gasteiger partial charge in [0.2, 0.25) is 0 Å². The van der Waals surface area contributed by atoms with Crippen LogP contribution in [0.3, 0.4) is 0 Å². The molecule has 0 radical (unpaired) electrons. The monoisotopic (exact) mass is 266 g/mol. The zero-order valence-electron chi connectivity index (χ0n) is 11.5. The molecule has 0 aliphatic rings. The number of rotatable bonds is 5. The maximum absolute atomic E-state index is 11.9. The normalized spacial score (nSPS) is 10.1. The number of ketones is 1. The fourth-order valence-electron chi connectivity index (χ4n) is 1.97. The van der Waals surface area contributed by atoms with Gasteiger partial charge in [-0.1, -0.05) is 0 Å². The van der Waals surface area contributed by atoms with Crippen molar-refractivity contribution < 1.29 is 19.1 Å². The fourth-order valence-corrected chi connectivity index (χ4v) is 1.97. The Bertz CT molecular complexity index is 517. The van der Waals surface area contributed by atoms with E-state index in [4.69, 9.17) is 0 Å². The number of aromatic amines is 1. The summed E-state index contributed by atoms with van der Waals surface area (Å²) in [6.45, 7) is 5.12. The highest BCUT2D eigenvalue weighted by molar-refractivity contribution is 6.02. The third-order valence-electron chi connectivity index (χ3n) is 2.86. The highest BCUT2D eigenvalue weighted by Crippen LogP contribution is 2.18. The number of aryl methyl sites for hydroxylation is 1. The van der Waals surface area contributed by atoms with E-state index in [1.807, 2.05) is 0 Å². The van der Waals surface area contributed by atoms with E-state index in [2.05, 4.69) is 15.0 Å². The lowest BCUT2D eigenvalue weighted by molar-refractivity contribution is -0.140. The van der Waals surface area contributed by atoms with Crippen LogP contribution in [-0.4, -0.2) is 36.3 Å². The Morgan fingerprint density at radius 2 is 1.89 bits per heavy atom. The van der Waals surface area contributed by atoms with E-state index in [0.29, 0.717) is 22.5 Å². The lowest BCUT2D eigenvalue weighted by Gasteiger charge is -2.04. The molecule has 1 heterocycles. The van der Waals surface area contributed by atoms with Gasteiger partial charge in [0.15, 0.2) is 5.78 Å². The molecule has 0 atom stereocenters. The van der Waals surface area contributed by atoms with Crippen molar-refractivity contribution in [2.24, 2.45) is 0 Å². The number of ether oxygens (including phenoxy) is 1. The van der Waals surface area contributed by atoms with Crippen molar-refractivity contribution >= 4 is 17.7 Å². The maximum Gasteiger partial charge on any atom is 0.307 e. The summed E-state index contributed by atoms with van der Waals surface area (Å²) < 4.78 is 4.47. The van der Waals surface area contributed by atoms with Gasteiger partial charge in [-0.3, -0.25) is 14.4 Å². The van der Waals surface area contributed by atoms with Crippen LogP contribution in [0.1, 0.15) is 45.4 Å². The minimum Gasteiger partial charge on any atom is -0.469 e. The zero-order chi connectivity index (χ0) is 14.6. The molecule has 6 heteroatoms. The van der Waals surface area contributed by atoms with Gasteiger partial charge in [0.05, 0.1) is 13.5 Å². The van der Waals surface area contributed by atoms with Crippen LogP contribution >= 0.6 is 0 Å². The molecule has 1 rings (SSSR count). The topological polar surface area (TPSA) is 88.3 Å². The molecule has 0 bridgehead atoms. The second kappa shape index (κ2) is 6.17. The molecular formula is C13H18N2O4. The van der Waals surface area contributed by atoms with Crippen LogP contribution in [0.2, 0.25) is 0 Å². The summed E-state index contributed by atoms with van der Waals surface area (Å²) in [4.78, 5) is 37.2. The molecule has 1 aromatic heterocycles. The first kappa shape index (κ1) is 14.9. The number of carbonyl (C=O) groups excluding carboxylic acids is 3. The van der Waals surface area contributed by atoms with Crippen molar-refractivity contribution in [2.75, 3.05) is 13.7 Å². The lowest BCUT2D eigenvalue weighted by Crippen LogP contribution is -2.27. The molecule has 104 valence electrons. The SMILES string of the molecule is COC(=O)CCNC(=O)c1[nH]c(C)c(C(C)=O)c1C. The number of hydrogen-bond donors (Lipinski definition) is 2. The minimum absolute atomic E-state index is 0.0835. The van der Waals surface area contributed by atoms with Gasteiger partial charge < -0.3 is 15.0 Å². The average Bonchev–Trinajstić information content (AvgIpc) is 2.64. The van der Waals surface area contributed by atoms with Crippen LogP contribution in [-0.2, 0) is 9.53 Å². The number of carbonyl (C=O) groups is 3. The predicted octanol–water partition coefficient (Wildman–Crippen LogP) is 1.13. The molecule has 19 heavy (non-hydrogen) atoms. The Morgan fingerprint density at radius 1 is 1.26 bits per heavy atom. The zero-order valence-corrected chi connectivity index (χ0v) is 11.5. The van der Waals surface area contributed by atoms with E-state index < -0.39 is 0 Å². The Balaban J connectivity index is 2.76. The quantitative estimate of drug-likeness (QED) is 0.617. The molecular weight excluding hydrogens is 248 g/mol. The molecule has 0 spiro atoms. The molecule has 0 saturated carbocycles. The fraction of sp³-hybridized carbons (Fsp3) is 0.462. The number of aromatic nitrogens is 1. The van der Waals surface area contributed by atoms with Gasteiger partial charge in [-0.2, -0.15) is 0 Å². The Morgan fingerprint density at radius 3 is 2.37 bits per heavy atom. The minimum atomic E-state index is -0.385. The van der Waals surface area contributed by atoms with Crippen LogP contribution in [0.5, 0.6) is 0 Å². The molecule has 0 aliphatic carbocycles. The second-order valence-corrected chi connectivity index (χ2v) is 4.26. The van der Waals surface area contributed by atoms with E-state index in [1.165, 1.54) is 14.0 Å². The second-order valence-electron chi connectivity index (χ2n) is 4.26. The summed E-state index contributed by atoms with van der Waals surface area (Å²) in [5, 5.41) is 2.60. The van der Waals surface area contributed by atoms with Gasteiger partial charge in [0.25, 0.3) is 5.91 Å². The maximum atomic E-state index is 11.9. The molecule has 0 fully saturated rings. The summed E-state index contributed by atoms with van der Waals surface area (Å²) in [5.41, 5.74) is 2.19. The van der Waals surface area contributed by atoms with Gasteiger partial charge in [-0.05, 0) is 26.3 Å². The van der Waals surface area contributed by atoms with Gasteiger partial charge in [0, 0.05) is 17.8 Å². The van der Waals surface area contributed by atoms with E-state index >= 15 is 0 Å². The van der Waals surface area contributed by atoms with Crippen molar-refractivity contribution in [1.29, 1.82) is 0 Å². The van der Waals surface area contributed by atoms with Gasteiger partial charge in [0.1, 0.15) is 5.69 Å². The number of hydrogen-bond acceptors (Lipinski definition) is 4. The number of esters is 1. The smallest absolute Gasteiger partial charge is 0.307 e. The Kier molecular flexibility index (Phi) is 4.86. The van der Waals surface area contributed by atoms with Crippen LogP contribution in [0, 0.1) is 13.8 Å². The third kappa shape index (κ3) is 3.43. The van der Waals surface area contributed by atoms with Gasteiger partial charge in [-0.25, -0.2) is 0 Å². The van der Waals surface area contributed by atoms with Gasteiger partial charge in [-0.15, -0.1) is 0 Å². The molecule has 1 amide bonds. The number of amides is 1. The predicted molar refractivity (Wildman–Crippen MR) is 69.2 cm³/mol. The first-order valence-electron chi connectivity index (χ1n) is 5.93. The highest BCUT2D eigenvalue weighted by atomic mass is 16.5. The van der Waals surface area contributed by atoms with Crippen LogP contribution in [0.15, 0.2) is 0 Å². The van der Waals surface area contributed by atoms with Crippen molar-refractivity contribution in [3.05, 3.63) is 22.5 Å². The summed E-state index contributed by atoms with van der Waals surface area (Å²) in [6, 6.07) is 0. The largest absolute Gasteiger partial charge is 0.469 e. The van der Waals surface area contributed by atoms with E-state index in [9.17, 15) is 14.4 Å². The molecule has 6 nitrogen and oxygen atoms in total. The summed E-state index contributed by atoms with van der Waals surface area (Å²) in [7, 11) is 1.29. The molecule has 0 aliphatic heterocycles. The van der Waals surface area contributed by atoms with Crippen LogP contribution in [0.25, 0.3) is 0 Å². The summed E-state index contributed by atoms with van der Waals surface area (Å²) in [6.07, 6.45) is 0.112. The van der Waals surface area contributed by atoms with Crippen molar-refractivity contribution in [3.8, 4) is 0 Å². The molecule has 2 N–H and O–H groups in total. The Hall–Kier alpha value is -2.11. The highest BCUT2D eigenvalue weighted by Gasteiger charge is 2.19. The molecule has 0 unspecified atom stereocenters. The number of H-pyrrole nitrogens is 1. The number of Topliss-reactive ketones (excluding diaryl/α,β-unsaturated/α-hetero) is 1. The Labute approximate surface area is 111 Å². The van der Waals surface area contributed by atoms with E-state index in [0.717, 1.165) is 0 Å². The van der Waals surface area contributed by atoms with Gasteiger partial charge >= 0.3 is 5.97 Å². The summed E-state index contributed by atoms with van der Waals surface area (Å²) in [5.74, 6) is -0.805. The van der Waals surface area contributed by atoms with Crippen molar-refractivity contribution in [3.63, 3.8) is 0 Å².